The van der Waals surface area contributed by atoms with Gasteiger partial charge in [-0.05, 0) is 30.1 Å². The van der Waals surface area contributed by atoms with E-state index in [2.05, 4.69) is 46.9 Å². The van der Waals surface area contributed by atoms with Crippen molar-refractivity contribution < 1.29 is 4.79 Å². The molecule has 0 aliphatic heterocycles. The number of rotatable bonds is 7. The Balaban J connectivity index is 3.84. The summed E-state index contributed by atoms with van der Waals surface area (Å²) >= 11 is 0. The largest absolute Gasteiger partial charge is 0.355 e. The first-order chi connectivity index (χ1) is 8.10. The van der Waals surface area contributed by atoms with Crippen molar-refractivity contribution in [2.75, 3.05) is 6.54 Å². The minimum absolute atomic E-state index is 0.0758. The van der Waals surface area contributed by atoms with Crippen molar-refractivity contribution in [1.82, 2.24) is 5.32 Å². The van der Waals surface area contributed by atoms with E-state index in [-0.39, 0.29) is 17.4 Å². The highest BCUT2D eigenvalue weighted by molar-refractivity contribution is 5.76. The molecule has 1 amide bonds. The normalized spacial score (nSPS) is 15.6. The Labute approximate surface area is 113 Å². The summed E-state index contributed by atoms with van der Waals surface area (Å²) in [7, 11) is 0. The van der Waals surface area contributed by atoms with Crippen molar-refractivity contribution in [3.63, 3.8) is 0 Å². The van der Waals surface area contributed by atoms with E-state index in [4.69, 9.17) is 5.73 Å². The summed E-state index contributed by atoms with van der Waals surface area (Å²) in [5.74, 6) is 1.13. The lowest BCUT2D eigenvalue weighted by molar-refractivity contribution is -0.122. The van der Waals surface area contributed by atoms with Gasteiger partial charge in [-0.15, -0.1) is 0 Å². The predicted molar refractivity (Wildman–Crippen MR) is 78.3 cm³/mol. The SMILES string of the molecule is CC(C)CC(N)CNC(=O)CC(C)CC(C)(C)C. The van der Waals surface area contributed by atoms with Crippen LogP contribution in [0, 0.1) is 17.3 Å². The molecule has 0 aliphatic rings. The van der Waals surface area contributed by atoms with Crippen LogP contribution in [0.2, 0.25) is 0 Å². The van der Waals surface area contributed by atoms with Gasteiger partial charge in [0.05, 0.1) is 0 Å². The zero-order chi connectivity index (χ0) is 14.3. The summed E-state index contributed by atoms with van der Waals surface area (Å²) in [6, 6.07) is 0.0758. The molecule has 0 aliphatic carbocycles. The van der Waals surface area contributed by atoms with Crippen LogP contribution in [0.4, 0.5) is 0 Å². The van der Waals surface area contributed by atoms with Crippen LogP contribution in [-0.2, 0) is 4.79 Å². The topological polar surface area (TPSA) is 55.1 Å². The molecular weight excluding hydrogens is 224 g/mol. The first kappa shape index (κ1) is 17.4. The minimum atomic E-state index is 0.0758. The zero-order valence-corrected chi connectivity index (χ0v) is 13.0. The van der Waals surface area contributed by atoms with Crippen LogP contribution in [-0.4, -0.2) is 18.5 Å². The molecule has 2 atom stereocenters. The Morgan fingerprint density at radius 3 is 2.22 bits per heavy atom. The molecule has 0 aromatic heterocycles. The molecule has 0 radical (unpaired) electrons. The maximum absolute atomic E-state index is 11.8. The summed E-state index contributed by atoms with van der Waals surface area (Å²) in [5, 5.41) is 2.94. The van der Waals surface area contributed by atoms with Crippen LogP contribution in [0.3, 0.4) is 0 Å². The van der Waals surface area contributed by atoms with E-state index in [1.165, 1.54) is 0 Å². The van der Waals surface area contributed by atoms with Crippen LogP contribution in [0.25, 0.3) is 0 Å². The van der Waals surface area contributed by atoms with Crippen LogP contribution in [0.5, 0.6) is 0 Å². The average Bonchev–Trinajstić information content (AvgIpc) is 2.10. The zero-order valence-electron chi connectivity index (χ0n) is 13.0. The summed E-state index contributed by atoms with van der Waals surface area (Å²) in [5.41, 5.74) is 6.23. The highest BCUT2D eigenvalue weighted by atomic mass is 16.1. The Bertz CT molecular complexity index is 243. The highest BCUT2D eigenvalue weighted by Gasteiger charge is 2.18. The molecule has 2 unspecified atom stereocenters. The third kappa shape index (κ3) is 10.6. The van der Waals surface area contributed by atoms with Crippen LogP contribution in [0.15, 0.2) is 0 Å². The van der Waals surface area contributed by atoms with Gasteiger partial charge < -0.3 is 11.1 Å². The van der Waals surface area contributed by atoms with Gasteiger partial charge in [-0.2, -0.15) is 0 Å². The fraction of sp³-hybridized carbons (Fsp3) is 0.933. The number of hydrogen-bond donors (Lipinski definition) is 2. The van der Waals surface area contributed by atoms with Gasteiger partial charge in [-0.25, -0.2) is 0 Å². The van der Waals surface area contributed by atoms with Crippen molar-refractivity contribution >= 4 is 5.91 Å². The first-order valence-electron chi connectivity index (χ1n) is 7.12. The number of carbonyl (C=O) groups is 1. The second-order valence-corrected chi connectivity index (χ2v) is 7.27. The van der Waals surface area contributed by atoms with Crippen LogP contribution < -0.4 is 11.1 Å². The monoisotopic (exact) mass is 256 g/mol. The van der Waals surface area contributed by atoms with Crippen molar-refractivity contribution in [3.8, 4) is 0 Å². The Morgan fingerprint density at radius 1 is 1.22 bits per heavy atom. The first-order valence-corrected chi connectivity index (χ1v) is 7.12. The number of amides is 1. The third-order valence-corrected chi connectivity index (χ3v) is 2.83. The molecular formula is C15H32N2O. The van der Waals surface area contributed by atoms with Crippen molar-refractivity contribution in [3.05, 3.63) is 0 Å². The predicted octanol–water partition coefficient (Wildman–Crippen LogP) is 2.94. The maximum Gasteiger partial charge on any atom is 0.220 e. The van der Waals surface area contributed by atoms with E-state index in [1.807, 2.05) is 0 Å². The molecule has 0 saturated heterocycles. The van der Waals surface area contributed by atoms with Gasteiger partial charge in [0.1, 0.15) is 0 Å². The van der Waals surface area contributed by atoms with Gasteiger partial charge in [0.25, 0.3) is 0 Å². The smallest absolute Gasteiger partial charge is 0.220 e. The van der Waals surface area contributed by atoms with E-state index in [1.54, 1.807) is 0 Å². The van der Waals surface area contributed by atoms with Gasteiger partial charge in [0, 0.05) is 19.0 Å². The molecule has 0 aromatic rings. The van der Waals surface area contributed by atoms with Gasteiger partial charge in [-0.1, -0.05) is 41.5 Å². The van der Waals surface area contributed by atoms with E-state index < -0.39 is 0 Å². The third-order valence-electron chi connectivity index (χ3n) is 2.83. The number of hydrogen-bond acceptors (Lipinski definition) is 2. The summed E-state index contributed by atoms with van der Waals surface area (Å²) < 4.78 is 0. The molecule has 0 rings (SSSR count). The Morgan fingerprint density at radius 2 is 1.78 bits per heavy atom. The molecule has 0 aromatic carbocycles. The molecule has 3 heteroatoms. The summed E-state index contributed by atoms with van der Waals surface area (Å²) in [4.78, 5) is 11.8. The van der Waals surface area contributed by atoms with E-state index in [0.29, 0.717) is 24.8 Å². The van der Waals surface area contributed by atoms with Crippen LogP contribution >= 0.6 is 0 Å². The Hall–Kier alpha value is -0.570. The maximum atomic E-state index is 11.8. The van der Waals surface area contributed by atoms with Crippen molar-refractivity contribution in [2.24, 2.45) is 23.0 Å². The molecule has 0 heterocycles. The van der Waals surface area contributed by atoms with Gasteiger partial charge in [-0.3, -0.25) is 4.79 Å². The lowest BCUT2D eigenvalue weighted by atomic mass is 9.84. The van der Waals surface area contributed by atoms with Gasteiger partial charge in [0.15, 0.2) is 0 Å². The fourth-order valence-electron chi connectivity index (χ4n) is 2.44. The Kier molecular flexibility index (Phi) is 7.53. The summed E-state index contributed by atoms with van der Waals surface area (Å²) in [6.07, 6.45) is 2.63. The lowest BCUT2D eigenvalue weighted by Crippen LogP contribution is -2.38. The minimum Gasteiger partial charge on any atom is -0.355 e. The van der Waals surface area contributed by atoms with Crippen molar-refractivity contribution in [1.29, 1.82) is 0 Å². The van der Waals surface area contributed by atoms with E-state index in [0.717, 1.165) is 12.8 Å². The molecule has 3 N–H and O–H groups in total. The molecule has 0 bridgehead atoms. The lowest BCUT2D eigenvalue weighted by Gasteiger charge is -2.23. The average molecular weight is 256 g/mol. The molecule has 0 spiro atoms. The second-order valence-electron chi connectivity index (χ2n) is 7.27. The standard InChI is InChI=1S/C15H32N2O/c1-11(2)7-13(16)10-17-14(18)8-12(3)9-15(4,5)6/h11-13H,7-10,16H2,1-6H3,(H,17,18). The molecule has 0 saturated carbocycles. The van der Waals surface area contributed by atoms with Gasteiger partial charge in [0.2, 0.25) is 5.91 Å². The number of carbonyl (C=O) groups excluding carboxylic acids is 1. The molecule has 108 valence electrons. The van der Waals surface area contributed by atoms with Crippen molar-refractivity contribution in [2.45, 2.75) is 66.8 Å². The fourth-order valence-corrected chi connectivity index (χ4v) is 2.44. The number of nitrogens with one attached hydrogen (secondary N) is 1. The molecule has 18 heavy (non-hydrogen) atoms. The quantitative estimate of drug-likeness (QED) is 0.736. The molecule has 0 fully saturated rings. The second kappa shape index (κ2) is 7.78. The van der Waals surface area contributed by atoms with Gasteiger partial charge >= 0.3 is 0 Å². The van der Waals surface area contributed by atoms with Crippen LogP contribution in [0.1, 0.15) is 60.8 Å². The van der Waals surface area contributed by atoms with E-state index >= 15 is 0 Å². The molecule has 3 nitrogen and oxygen atoms in total. The summed E-state index contributed by atoms with van der Waals surface area (Å²) in [6.45, 7) is 13.7. The highest BCUT2D eigenvalue weighted by Crippen LogP contribution is 2.25. The van der Waals surface area contributed by atoms with E-state index in [9.17, 15) is 4.79 Å². The number of nitrogens with two attached hydrogens (primary N) is 1.